The zero-order valence-electron chi connectivity index (χ0n) is 12.4. The first-order chi connectivity index (χ1) is 10.3. The van der Waals surface area contributed by atoms with Crippen LogP contribution in [0.15, 0.2) is 17.0 Å². The molecule has 1 saturated carbocycles. The van der Waals surface area contributed by atoms with Crippen molar-refractivity contribution in [1.29, 1.82) is 0 Å². The normalized spacial score (nSPS) is 22.8. The minimum absolute atomic E-state index is 0.0582. The Hall–Kier alpha value is -0.530. The maximum absolute atomic E-state index is 12.8. The lowest BCUT2D eigenvalue weighted by Gasteiger charge is -2.34. The highest BCUT2D eigenvalue weighted by Gasteiger charge is 2.35. The van der Waals surface area contributed by atoms with E-state index >= 15 is 0 Å². The van der Waals surface area contributed by atoms with Crippen molar-refractivity contribution in [2.75, 3.05) is 14.2 Å². The van der Waals surface area contributed by atoms with Gasteiger partial charge in [0.15, 0.2) is 0 Å². The van der Waals surface area contributed by atoms with E-state index in [1.807, 2.05) is 0 Å². The lowest BCUT2D eigenvalue weighted by atomic mass is 9.93. The van der Waals surface area contributed by atoms with Crippen LogP contribution in [0.2, 0.25) is 10.0 Å². The molecule has 8 heteroatoms. The molecule has 5 nitrogen and oxygen atoms in total. The van der Waals surface area contributed by atoms with Gasteiger partial charge in [0.2, 0.25) is 10.0 Å². The van der Waals surface area contributed by atoms with Gasteiger partial charge in [-0.1, -0.05) is 36.0 Å². The predicted molar refractivity (Wildman–Crippen MR) is 86.2 cm³/mol. The molecule has 2 atom stereocenters. The molecule has 1 N–H and O–H groups in total. The molecule has 0 aromatic heterocycles. The number of likely N-dealkylation sites (N-methyl/N-ethyl adjacent to an activating group) is 1. The van der Waals surface area contributed by atoms with Crippen LogP contribution in [0.4, 0.5) is 0 Å². The van der Waals surface area contributed by atoms with Gasteiger partial charge in [0.05, 0.1) is 24.3 Å². The highest BCUT2D eigenvalue weighted by atomic mass is 35.5. The topological polar surface area (TPSA) is 66.8 Å². The molecule has 1 aromatic carbocycles. The fourth-order valence-electron chi connectivity index (χ4n) is 2.72. The molecule has 22 heavy (non-hydrogen) atoms. The first-order valence-corrected chi connectivity index (χ1v) is 9.18. The highest BCUT2D eigenvalue weighted by molar-refractivity contribution is 7.89. The third-order valence-electron chi connectivity index (χ3n) is 4.05. The summed E-state index contributed by atoms with van der Waals surface area (Å²) < 4.78 is 31.8. The number of halogens is 2. The van der Waals surface area contributed by atoms with Crippen molar-refractivity contribution in [1.82, 2.24) is 4.31 Å². The summed E-state index contributed by atoms with van der Waals surface area (Å²) in [5.74, 6) is 0.311. The van der Waals surface area contributed by atoms with E-state index in [1.165, 1.54) is 30.6 Å². The second-order valence-corrected chi connectivity index (χ2v) is 8.06. The van der Waals surface area contributed by atoms with Gasteiger partial charge in [0.1, 0.15) is 15.7 Å². The molecule has 0 radical (unpaired) electrons. The molecule has 0 heterocycles. The quantitative estimate of drug-likeness (QED) is 0.888. The molecule has 0 unspecified atom stereocenters. The van der Waals surface area contributed by atoms with E-state index in [1.54, 1.807) is 0 Å². The fraction of sp³-hybridized carbons (Fsp3) is 0.571. The summed E-state index contributed by atoms with van der Waals surface area (Å²) >= 11 is 12.1. The number of rotatable bonds is 4. The fourth-order valence-corrected chi connectivity index (χ4v) is 4.95. The van der Waals surface area contributed by atoms with Gasteiger partial charge in [-0.05, 0) is 25.0 Å². The molecule has 1 aromatic rings. The molecule has 0 spiro atoms. The number of methoxy groups -OCH3 is 1. The molecule has 0 aliphatic heterocycles. The Balaban J connectivity index is 2.40. The number of hydrogen-bond donors (Lipinski definition) is 1. The number of sulfonamides is 1. The van der Waals surface area contributed by atoms with Crippen molar-refractivity contribution in [3.05, 3.63) is 22.2 Å². The van der Waals surface area contributed by atoms with E-state index in [9.17, 15) is 13.5 Å². The first kappa shape index (κ1) is 17.8. The van der Waals surface area contributed by atoms with Crippen LogP contribution in [0.3, 0.4) is 0 Å². The van der Waals surface area contributed by atoms with Crippen LogP contribution in [0.1, 0.15) is 25.7 Å². The van der Waals surface area contributed by atoms with Gasteiger partial charge in [0.25, 0.3) is 0 Å². The Morgan fingerprint density at radius 3 is 2.45 bits per heavy atom. The van der Waals surface area contributed by atoms with Gasteiger partial charge < -0.3 is 9.84 Å². The summed E-state index contributed by atoms with van der Waals surface area (Å²) in [6.45, 7) is 0. The van der Waals surface area contributed by atoms with Crippen molar-refractivity contribution in [2.45, 2.75) is 42.7 Å². The minimum Gasteiger partial charge on any atom is -0.495 e. The molecule has 0 amide bonds. The standard InChI is InChI=1S/C14H19Cl2NO4S/c1-17(9-5-3-4-6-10(9)18)22(19,20)12-8-7-11(21-2)13(15)14(12)16/h7-10,18H,3-6H2,1-2H3/t9-,10-/m0/s1. The van der Waals surface area contributed by atoms with Crippen molar-refractivity contribution >= 4 is 33.2 Å². The number of nitrogens with zero attached hydrogens (tertiary/aromatic N) is 1. The second-order valence-electron chi connectivity index (χ2n) is 5.33. The Kier molecular flexibility index (Phi) is 5.61. The van der Waals surface area contributed by atoms with Crippen LogP contribution < -0.4 is 4.74 Å². The molecule has 124 valence electrons. The van der Waals surface area contributed by atoms with Crippen molar-refractivity contribution in [3.8, 4) is 5.75 Å². The summed E-state index contributed by atoms with van der Waals surface area (Å²) in [5, 5.41) is 10.1. The zero-order valence-corrected chi connectivity index (χ0v) is 14.7. The van der Waals surface area contributed by atoms with Crippen molar-refractivity contribution in [3.63, 3.8) is 0 Å². The molecule has 0 bridgehead atoms. The average molecular weight is 368 g/mol. The summed E-state index contributed by atoms with van der Waals surface area (Å²) in [6, 6.07) is 2.39. The number of ether oxygens (including phenoxy) is 1. The summed E-state index contributed by atoms with van der Waals surface area (Å²) in [6.07, 6.45) is 2.35. The van der Waals surface area contributed by atoms with E-state index < -0.39 is 22.2 Å². The van der Waals surface area contributed by atoms with E-state index in [2.05, 4.69) is 0 Å². The third kappa shape index (κ3) is 3.21. The van der Waals surface area contributed by atoms with Gasteiger partial charge in [-0.25, -0.2) is 8.42 Å². The largest absolute Gasteiger partial charge is 0.495 e. The van der Waals surface area contributed by atoms with Crippen molar-refractivity contribution < 1.29 is 18.3 Å². The molecule has 2 rings (SSSR count). The Morgan fingerprint density at radius 1 is 1.23 bits per heavy atom. The monoisotopic (exact) mass is 367 g/mol. The number of aliphatic hydroxyl groups excluding tert-OH is 1. The van der Waals surface area contributed by atoms with Crippen LogP contribution in [-0.4, -0.2) is 44.1 Å². The molecule has 0 saturated heterocycles. The number of hydrogen-bond acceptors (Lipinski definition) is 4. The second kappa shape index (κ2) is 6.93. The van der Waals surface area contributed by atoms with Gasteiger partial charge in [-0.3, -0.25) is 0 Å². The molecular weight excluding hydrogens is 349 g/mol. The van der Waals surface area contributed by atoms with Crippen LogP contribution in [0.25, 0.3) is 0 Å². The van der Waals surface area contributed by atoms with Crippen molar-refractivity contribution in [2.24, 2.45) is 0 Å². The van der Waals surface area contributed by atoms with Gasteiger partial charge >= 0.3 is 0 Å². The molecule has 1 aliphatic rings. The smallest absolute Gasteiger partial charge is 0.244 e. The lowest BCUT2D eigenvalue weighted by molar-refractivity contribution is 0.0638. The van der Waals surface area contributed by atoms with E-state index in [0.717, 1.165) is 12.8 Å². The SMILES string of the molecule is COc1ccc(S(=O)(=O)N(C)[C@H]2CCCC[C@@H]2O)c(Cl)c1Cl. The van der Waals surface area contributed by atoms with Crippen LogP contribution in [0.5, 0.6) is 5.75 Å². The molecule has 1 fully saturated rings. The lowest BCUT2D eigenvalue weighted by Crippen LogP contribution is -2.46. The van der Waals surface area contributed by atoms with Crippen LogP contribution >= 0.6 is 23.2 Å². The Morgan fingerprint density at radius 2 is 1.86 bits per heavy atom. The van der Waals surface area contributed by atoms with Gasteiger partial charge in [0, 0.05) is 7.05 Å². The maximum atomic E-state index is 12.8. The van der Waals surface area contributed by atoms with E-state index in [4.69, 9.17) is 27.9 Å². The maximum Gasteiger partial charge on any atom is 0.244 e. The molecular formula is C14H19Cl2NO4S. The first-order valence-electron chi connectivity index (χ1n) is 6.98. The van der Waals surface area contributed by atoms with E-state index in [-0.39, 0.29) is 14.9 Å². The predicted octanol–water partition coefficient (Wildman–Crippen LogP) is 2.93. The number of benzene rings is 1. The average Bonchev–Trinajstić information content (AvgIpc) is 2.49. The Labute approximate surface area is 140 Å². The van der Waals surface area contributed by atoms with Crippen LogP contribution in [-0.2, 0) is 10.0 Å². The van der Waals surface area contributed by atoms with Gasteiger partial charge in [-0.15, -0.1) is 0 Å². The van der Waals surface area contributed by atoms with E-state index in [0.29, 0.717) is 18.6 Å². The van der Waals surface area contributed by atoms with Gasteiger partial charge in [-0.2, -0.15) is 4.31 Å². The number of aliphatic hydroxyl groups is 1. The summed E-state index contributed by atoms with van der Waals surface area (Å²) in [4.78, 5) is -0.0831. The highest BCUT2D eigenvalue weighted by Crippen LogP contribution is 2.38. The Bertz CT molecular complexity index is 650. The summed E-state index contributed by atoms with van der Waals surface area (Å²) in [5.41, 5.74) is 0. The zero-order chi connectivity index (χ0) is 16.5. The minimum atomic E-state index is -3.85. The van der Waals surface area contributed by atoms with Crippen LogP contribution in [0, 0.1) is 0 Å². The third-order valence-corrected chi connectivity index (χ3v) is 6.95. The summed E-state index contributed by atoms with van der Waals surface area (Å²) in [7, 11) is -0.960. The molecule has 1 aliphatic carbocycles.